The van der Waals surface area contributed by atoms with E-state index < -0.39 is 12.9 Å². The summed E-state index contributed by atoms with van der Waals surface area (Å²) in [4.78, 5) is 26.6. The van der Waals surface area contributed by atoms with Gasteiger partial charge in [0.2, 0.25) is 0 Å². The van der Waals surface area contributed by atoms with Crippen molar-refractivity contribution in [2.24, 2.45) is 5.10 Å². The van der Waals surface area contributed by atoms with Crippen molar-refractivity contribution in [2.45, 2.75) is 18.9 Å². The fourth-order valence-corrected chi connectivity index (χ4v) is 12.5. The first-order chi connectivity index (χ1) is 27.0. The van der Waals surface area contributed by atoms with Crippen LogP contribution in [0.2, 0.25) is 0 Å². The summed E-state index contributed by atoms with van der Waals surface area (Å²) in [6.45, 7) is 0.309. The Bertz CT molecular complexity index is 2390. The minimum absolute atomic E-state index is 0.213. The molecule has 2 heterocycles. The number of anilines is 1. The Hall–Kier alpha value is -6.30. The number of fused-ring (bicyclic) bond motifs is 1. The maximum absolute atomic E-state index is 13.4. The monoisotopic (exact) mass is 744 g/mol. The molecule has 7 aromatic rings. The van der Waals surface area contributed by atoms with Crippen molar-refractivity contribution in [1.29, 1.82) is 0 Å². The summed E-state index contributed by atoms with van der Waals surface area (Å²) in [6.07, 6.45) is 2.08. The molecular weight excluding hydrogens is 703 g/mol. The molecule has 0 saturated heterocycles. The second kappa shape index (κ2) is 16.0. The molecule has 1 unspecified atom stereocenters. The molecule has 8 heteroatoms. The zero-order valence-corrected chi connectivity index (χ0v) is 31.5. The van der Waals surface area contributed by atoms with Crippen molar-refractivity contribution in [3.63, 3.8) is 0 Å². The third-order valence-corrected chi connectivity index (χ3v) is 15.5. The Kier molecular flexibility index (Phi) is 10.4. The van der Waals surface area contributed by atoms with Crippen LogP contribution >= 0.6 is 7.26 Å². The fraction of sp³-hybridized carbons (Fsp3) is 0.128. The number of methoxy groups -OCH3 is 1. The second-order valence-corrected chi connectivity index (χ2v) is 17.7. The molecule has 0 N–H and O–H groups in total. The summed E-state index contributed by atoms with van der Waals surface area (Å²) >= 11 is 0. The van der Waals surface area contributed by atoms with Gasteiger partial charge in [-0.3, -0.25) is 0 Å². The van der Waals surface area contributed by atoms with E-state index in [4.69, 9.17) is 19.0 Å². The van der Waals surface area contributed by atoms with Crippen LogP contribution in [-0.2, 0) is 4.74 Å². The van der Waals surface area contributed by atoms with E-state index in [2.05, 4.69) is 91.0 Å². The van der Waals surface area contributed by atoms with E-state index >= 15 is 0 Å². The smallest absolute Gasteiger partial charge is 0.0219 e. The number of esters is 1. The van der Waals surface area contributed by atoms with E-state index in [-0.39, 0.29) is 12.0 Å². The third-order valence-electron chi connectivity index (χ3n) is 10.4. The van der Waals surface area contributed by atoms with Gasteiger partial charge < -0.3 is 9.15 Å². The van der Waals surface area contributed by atoms with Gasteiger partial charge in [0, 0.05) is 5.39 Å². The first-order valence-electron chi connectivity index (χ1n) is 18.5. The zero-order valence-electron chi connectivity index (χ0n) is 30.5. The predicted octanol–water partition coefficient (Wildman–Crippen LogP) is 8.43. The summed E-state index contributed by atoms with van der Waals surface area (Å²) in [6, 6.07) is 56.6. The van der Waals surface area contributed by atoms with Gasteiger partial charge in [0.15, 0.2) is 0 Å². The van der Waals surface area contributed by atoms with Crippen LogP contribution in [0.25, 0.3) is 11.0 Å². The Morgan fingerprint density at radius 1 is 0.745 bits per heavy atom. The van der Waals surface area contributed by atoms with E-state index in [1.54, 1.807) is 19.2 Å². The van der Waals surface area contributed by atoms with Crippen LogP contribution in [0.1, 0.15) is 40.4 Å². The van der Waals surface area contributed by atoms with Crippen molar-refractivity contribution < 1.29 is 18.7 Å². The molecule has 0 saturated carbocycles. The zero-order chi connectivity index (χ0) is 37.6. The molecule has 0 amide bonds. The average molecular weight is 745 g/mol. The Labute approximate surface area is 320 Å². The quantitative estimate of drug-likeness (QED) is 0.0541. The number of para-hydroxylation sites is 1. The molecule has 1 aliphatic heterocycles. The molecule has 274 valence electrons. The SMILES string of the molecule is COc1ccc2oc(=O)c(C3=NN(c4ccccc4)C(c4ccc(C(=O)OCCC[PH](c5ccccc5)(c5ccccc5)c5ccccc5)cc4)C3)cc2c1. The third kappa shape index (κ3) is 7.31. The summed E-state index contributed by atoms with van der Waals surface area (Å²) < 4.78 is 17.0. The van der Waals surface area contributed by atoms with Crippen molar-refractivity contribution in [3.05, 3.63) is 197 Å². The van der Waals surface area contributed by atoms with Gasteiger partial charge in [-0.25, -0.2) is 4.79 Å². The molecule has 8 rings (SSSR count). The number of carbonyl (C=O) groups excluding carboxylic acids is 1. The Morgan fingerprint density at radius 3 is 1.91 bits per heavy atom. The number of ether oxygens (including phenoxy) is 2. The van der Waals surface area contributed by atoms with Crippen molar-refractivity contribution in [1.82, 2.24) is 0 Å². The molecule has 1 aromatic heterocycles. The minimum Gasteiger partial charge on any atom is -0.0346 e. The molecule has 6 aromatic carbocycles. The molecule has 0 aliphatic carbocycles. The number of hydrogen-bond acceptors (Lipinski definition) is 7. The molecule has 0 bridgehead atoms. The van der Waals surface area contributed by atoms with Gasteiger partial charge in [0.25, 0.3) is 0 Å². The summed E-state index contributed by atoms with van der Waals surface area (Å²) in [5.74, 6) is 0.315. The van der Waals surface area contributed by atoms with Crippen LogP contribution in [0.15, 0.2) is 184 Å². The van der Waals surface area contributed by atoms with E-state index in [9.17, 15) is 9.59 Å². The van der Waals surface area contributed by atoms with Gasteiger partial charge in [-0.05, 0) is 36.4 Å². The Morgan fingerprint density at radius 2 is 1.33 bits per heavy atom. The minimum atomic E-state index is -2.42. The molecule has 1 aliphatic rings. The van der Waals surface area contributed by atoms with Crippen LogP contribution in [0.3, 0.4) is 0 Å². The summed E-state index contributed by atoms with van der Waals surface area (Å²) in [5.41, 5.74) is 3.39. The average Bonchev–Trinajstić information content (AvgIpc) is 3.70. The molecular formula is C47H41N2O5P. The van der Waals surface area contributed by atoms with Crippen molar-refractivity contribution >= 4 is 51.5 Å². The predicted molar refractivity (Wildman–Crippen MR) is 225 cm³/mol. The number of carbonyl (C=O) groups is 1. The summed E-state index contributed by atoms with van der Waals surface area (Å²) in [7, 11) is -0.819. The number of rotatable bonds is 12. The van der Waals surface area contributed by atoms with Crippen molar-refractivity contribution in [3.8, 4) is 5.75 Å². The molecule has 0 radical (unpaired) electrons. The van der Waals surface area contributed by atoms with Crippen LogP contribution in [0, 0.1) is 0 Å². The van der Waals surface area contributed by atoms with Crippen LogP contribution in [0.5, 0.6) is 5.75 Å². The number of hydrazone groups is 1. The molecule has 7 nitrogen and oxygen atoms in total. The number of benzene rings is 6. The molecule has 1 atom stereocenters. The van der Waals surface area contributed by atoms with Gasteiger partial charge in [-0.1, -0.05) is 18.2 Å². The van der Waals surface area contributed by atoms with E-state index in [1.807, 2.05) is 71.7 Å². The Balaban J connectivity index is 0.999. The maximum Gasteiger partial charge on any atom is 0.0219 e. The molecule has 0 fully saturated rings. The fourth-order valence-electron chi connectivity index (χ4n) is 7.71. The van der Waals surface area contributed by atoms with Crippen LogP contribution < -0.4 is 31.3 Å². The van der Waals surface area contributed by atoms with Crippen LogP contribution in [-0.4, -0.2) is 31.6 Å². The molecule has 55 heavy (non-hydrogen) atoms. The summed E-state index contributed by atoms with van der Waals surface area (Å²) in [5, 5.41) is 11.6. The standard InChI is InChI=1S/C47H41N2O5P/c1-52-38-27-28-45-36(31-38)32-42(47(51)54-45)43-33-44(49(48-43)37-15-6-2-7-16-37)34-23-25-35(26-24-34)46(50)53-29-14-30-55(39-17-8-3-9-18-39,40-19-10-4-11-20-40)41-21-12-5-13-22-41/h2-13,15-28,31-32,44,55H,14,29-30,33H2,1H3. The second-order valence-electron chi connectivity index (χ2n) is 13.7. The van der Waals surface area contributed by atoms with Gasteiger partial charge in [-0.2, -0.15) is 0 Å². The van der Waals surface area contributed by atoms with Gasteiger partial charge in [-0.15, -0.1) is 0 Å². The van der Waals surface area contributed by atoms with Crippen LogP contribution in [0.4, 0.5) is 5.69 Å². The number of nitrogens with zero attached hydrogens (tertiary/aromatic N) is 2. The van der Waals surface area contributed by atoms with Gasteiger partial charge >= 0.3 is 224 Å². The van der Waals surface area contributed by atoms with Gasteiger partial charge in [0.1, 0.15) is 11.3 Å². The maximum atomic E-state index is 13.4. The van der Waals surface area contributed by atoms with Gasteiger partial charge in [0.05, 0.1) is 12.7 Å². The first kappa shape index (κ1) is 35.7. The first-order valence-corrected chi connectivity index (χ1v) is 20.7. The largest absolute Gasteiger partial charge is 0.0346 e. The number of hydrogen-bond donors (Lipinski definition) is 0. The topological polar surface area (TPSA) is 81.3 Å². The van der Waals surface area contributed by atoms with E-state index in [0.29, 0.717) is 41.2 Å². The molecule has 0 spiro atoms. The normalized spacial score (nSPS) is 14.4. The van der Waals surface area contributed by atoms with Crippen molar-refractivity contribution in [2.75, 3.05) is 24.9 Å². The van der Waals surface area contributed by atoms with E-state index in [1.165, 1.54) is 15.9 Å². The van der Waals surface area contributed by atoms with E-state index in [0.717, 1.165) is 29.2 Å².